The van der Waals surface area contributed by atoms with Crippen LogP contribution in [0.15, 0.2) is 22.5 Å². The molecule has 0 amide bonds. The first-order chi connectivity index (χ1) is 12.2. The van der Waals surface area contributed by atoms with Gasteiger partial charge in [-0.05, 0) is 76.2 Å². The Hall–Kier alpha value is -1.27. The summed E-state index contributed by atoms with van der Waals surface area (Å²) in [6, 6.07) is 4.90. The number of thiophene rings is 1. The standard InChI is InChI=1S/C19H33N5S/c1-3-20-19(21-15-16-6-10-23(2)11-7-16)22-17-8-12-24(13-9-17)18-5-4-14-25-18/h4-5,14,16-17H,3,6-13,15H2,1-2H3,(H2,20,21,22). The molecule has 2 saturated heterocycles. The summed E-state index contributed by atoms with van der Waals surface area (Å²) in [5.41, 5.74) is 0. The largest absolute Gasteiger partial charge is 0.363 e. The van der Waals surface area contributed by atoms with Crippen LogP contribution in [-0.2, 0) is 0 Å². The van der Waals surface area contributed by atoms with Crippen molar-refractivity contribution in [1.82, 2.24) is 15.5 Å². The Morgan fingerprint density at radius 3 is 2.60 bits per heavy atom. The van der Waals surface area contributed by atoms with Gasteiger partial charge < -0.3 is 20.4 Å². The van der Waals surface area contributed by atoms with Crippen LogP contribution in [0.5, 0.6) is 0 Å². The van der Waals surface area contributed by atoms with E-state index < -0.39 is 0 Å². The molecule has 0 unspecified atom stereocenters. The number of guanidine groups is 1. The van der Waals surface area contributed by atoms with Gasteiger partial charge in [0.25, 0.3) is 0 Å². The van der Waals surface area contributed by atoms with Gasteiger partial charge in [0.2, 0.25) is 0 Å². The third-order valence-corrected chi connectivity index (χ3v) is 6.27. The Balaban J connectivity index is 1.46. The minimum atomic E-state index is 0.534. The smallest absolute Gasteiger partial charge is 0.191 e. The van der Waals surface area contributed by atoms with E-state index in [4.69, 9.17) is 4.99 Å². The predicted octanol–water partition coefficient (Wildman–Crippen LogP) is 2.61. The van der Waals surface area contributed by atoms with Crippen molar-refractivity contribution in [3.8, 4) is 0 Å². The molecule has 2 fully saturated rings. The summed E-state index contributed by atoms with van der Waals surface area (Å²) < 4.78 is 0. The van der Waals surface area contributed by atoms with E-state index in [9.17, 15) is 0 Å². The number of nitrogens with zero attached hydrogens (tertiary/aromatic N) is 3. The van der Waals surface area contributed by atoms with Crippen molar-refractivity contribution in [2.45, 2.75) is 38.6 Å². The molecular weight excluding hydrogens is 330 g/mol. The molecule has 5 nitrogen and oxygen atoms in total. The lowest BCUT2D eigenvalue weighted by atomic mass is 9.97. The molecule has 0 atom stereocenters. The molecule has 2 N–H and O–H groups in total. The van der Waals surface area contributed by atoms with Gasteiger partial charge in [-0.25, -0.2) is 0 Å². The van der Waals surface area contributed by atoms with Gasteiger partial charge in [0.15, 0.2) is 5.96 Å². The highest BCUT2D eigenvalue weighted by Gasteiger charge is 2.21. The van der Waals surface area contributed by atoms with Crippen LogP contribution in [0.25, 0.3) is 0 Å². The van der Waals surface area contributed by atoms with Gasteiger partial charge in [-0.15, -0.1) is 11.3 Å². The van der Waals surface area contributed by atoms with Gasteiger partial charge in [-0.2, -0.15) is 0 Å². The molecular formula is C19H33N5S. The average Bonchev–Trinajstić information content (AvgIpc) is 3.16. The number of hydrogen-bond acceptors (Lipinski definition) is 4. The molecule has 2 aliphatic heterocycles. The zero-order valence-corrected chi connectivity index (χ0v) is 16.5. The van der Waals surface area contributed by atoms with Crippen LogP contribution in [0.3, 0.4) is 0 Å². The van der Waals surface area contributed by atoms with E-state index in [0.29, 0.717) is 6.04 Å². The number of nitrogens with one attached hydrogen (secondary N) is 2. The minimum Gasteiger partial charge on any atom is -0.363 e. The average molecular weight is 364 g/mol. The molecule has 140 valence electrons. The highest BCUT2D eigenvalue weighted by molar-refractivity contribution is 7.14. The van der Waals surface area contributed by atoms with Crippen LogP contribution in [0, 0.1) is 5.92 Å². The molecule has 0 aliphatic carbocycles. The summed E-state index contributed by atoms with van der Waals surface area (Å²) in [4.78, 5) is 9.82. The van der Waals surface area contributed by atoms with Crippen molar-refractivity contribution in [3.63, 3.8) is 0 Å². The summed E-state index contributed by atoms with van der Waals surface area (Å²) in [6.07, 6.45) is 4.91. The third-order valence-electron chi connectivity index (χ3n) is 5.34. The van der Waals surface area contributed by atoms with Crippen molar-refractivity contribution >= 4 is 22.3 Å². The predicted molar refractivity (Wildman–Crippen MR) is 109 cm³/mol. The van der Waals surface area contributed by atoms with Crippen LogP contribution >= 0.6 is 11.3 Å². The Morgan fingerprint density at radius 2 is 1.96 bits per heavy atom. The van der Waals surface area contributed by atoms with Gasteiger partial charge in [0, 0.05) is 32.2 Å². The fourth-order valence-corrected chi connectivity index (χ4v) is 4.46. The summed E-state index contributed by atoms with van der Waals surface area (Å²) in [7, 11) is 2.22. The molecule has 1 aromatic rings. The lowest BCUT2D eigenvalue weighted by Crippen LogP contribution is -2.48. The minimum absolute atomic E-state index is 0.534. The molecule has 0 aromatic carbocycles. The van der Waals surface area contributed by atoms with Crippen LogP contribution in [0.1, 0.15) is 32.6 Å². The summed E-state index contributed by atoms with van der Waals surface area (Å²) in [5, 5.41) is 10.7. The zero-order valence-electron chi connectivity index (χ0n) is 15.7. The number of rotatable bonds is 5. The van der Waals surface area contributed by atoms with E-state index in [2.05, 4.69) is 51.9 Å². The molecule has 3 rings (SSSR count). The molecule has 25 heavy (non-hydrogen) atoms. The fourth-order valence-electron chi connectivity index (χ4n) is 3.67. The molecule has 1 aromatic heterocycles. The van der Waals surface area contributed by atoms with E-state index >= 15 is 0 Å². The van der Waals surface area contributed by atoms with Gasteiger partial charge in [0.05, 0.1) is 5.00 Å². The number of aliphatic imine (C=N–C) groups is 1. The highest BCUT2D eigenvalue weighted by atomic mass is 32.1. The van der Waals surface area contributed by atoms with Crippen molar-refractivity contribution < 1.29 is 0 Å². The summed E-state index contributed by atoms with van der Waals surface area (Å²) >= 11 is 1.84. The second-order valence-electron chi connectivity index (χ2n) is 7.32. The lowest BCUT2D eigenvalue weighted by molar-refractivity contribution is 0.223. The van der Waals surface area contributed by atoms with Gasteiger partial charge >= 0.3 is 0 Å². The third kappa shape index (κ3) is 5.61. The van der Waals surface area contributed by atoms with E-state index in [1.54, 1.807) is 0 Å². The fraction of sp³-hybridized carbons (Fsp3) is 0.737. The number of likely N-dealkylation sites (tertiary alicyclic amines) is 1. The Labute approximate surface area is 156 Å². The first-order valence-electron chi connectivity index (χ1n) is 9.76. The van der Waals surface area contributed by atoms with Crippen LogP contribution < -0.4 is 15.5 Å². The number of anilines is 1. The summed E-state index contributed by atoms with van der Waals surface area (Å²) in [5.74, 6) is 1.75. The molecule has 0 saturated carbocycles. The number of piperidine rings is 2. The summed E-state index contributed by atoms with van der Waals surface area (Å²) in [6.45, 7) is 8.71. The second-order valence-corrected chi connectivity index (χ2v) is 8.25. The Morgan fingerprint density at radius 1 is 1.20 bits per heavy atom. The maximum atomic E-state index is 4.89. The monoisotopic (exact) mass is 363 g/mol. The quantitative estimate of drug-likeness (QED) is 0.623. The van der Waals surface area contributed by atoms with Crippen molar-refractivity contribution in [2.24, 2.45) is 10.9 Å². The second kappa shape index (κ2) is 9.43. The molecule has 0 spiro atoms. The Bertz CT molecular complexity index is 514. The van der Waals surface area contributed by atoms with Crippen molar-refractivity contribution in [3.05, 3.63) is 17.5 Å². The van der Waals surface area contributed by atoms with Gasteiger partial charge in [-0.3, -0.25) is 4.99 Å². The lowest BCUT2D eigenvalue weighted by Gasteiger charge is -2.33. The van der Waals surface area contributed by atoms with E-state index in [0.717, 1.165) is 38.1 Å². The molecule has 0 radical (unpaired) electrons. The molecule has 2 aliphatic rings. The maximum absolute atomic E-state index is 4.89. The van der Waals surface area contributed by atoms with Crippen LogP contribution in [0.2, 0.25) is 0 Å². The molecule has 6 heteroatoms. The first-order valence-corrected chi connectivity index (χ1v) is 10.6. The van der Waals surface area contributed by atoms with Gasteiger partial charge in [-0.1, -0.05) is 0 Å². The first kappa shape index (κ1) is 18.5. The maximum Gasteiger partial charge on any atom is 0.191 e. The van der Waals surface area contributed by atoms with E-state index in [-0.39, 0.29) is 0 Å². The van der Waals surface area contributed by atoms with Gasteiger partial charge in [0.1, 0.15) is 0 Å². The normalized spacial score (nSPS) is 21.5. The SMILES string of the molecule is CCNC(=NCC1CCN(C)CC1)NC1CCN(c2cccs2)CC1. The highest BCUT2D eigenvalue weighted by Crippen LogP contribution is 2.24. The van der Waals surface area contributed by atoms with E-state index in [1.165, 1.54) is 43.8 Å². The number of hydrogen-bond donors (Lipinski definition) is 2. The molecule has 3 heterocycles. The van der Waals surface area contributed by atoms with Crippen LogP contribution in [0.4, 0.5) is 5.00 Å². The van der Waals surface area contributed by atoms with Crippen LogP contribution in [-0.4, -0.2) is 63.2 Å². The zero-order chi connectivity index (χ0) is 17.5. The molecule has 0 bridgehead atoms. The Kier molecular flexibility index (Phi) is 6.99. The van der Waals surface area contributed by atoms with E-state index in [1.807, 2.05) is 11.3 Å². The topological polar surface area (TPSA) is 42.9 Å². The van der Waals surface area contributed by atoms with Crippen molar-refractivity contribution in [2.75, 3.05) is 51.2 Å². The van der Waals surface area contributed by atoms with Crippen molar-refractivity contribution in [1.29, 1.82) is 0 Å².